The molecule has 7 nitrogen and oxygen atoms in total. The zero-order valence-electron chi connectivity index (χ0n) is 14.1. The van der Waals surface area contributed by atoms with E-state index in [-0.39, 0.29) is 5.91 Å². The number of nitrogens with one attached hydrogen (secondary N) is 1. The lowest BCUT2D eigenvalue weighted by atomic mass is 10.2. The van der Waals surface area contributed by atoms with Gasteiger partial charge in [0.15, 0.2) is 5.76 Å². The fraction of sp³-hybridized carbons (Fsp3) is 0.471. The molecular weight excluding hydrogens is 306 g/mol. The van der Waals surface area contributed by atoms with Crippen LogP contribution < -0.4 is 10.2 Å². The molecule has 1 unspecified atom stereocenters. The standard InChI is InChI=1S/C17H23N5O2/c1-3-13(2)19-17-18-7-6-15(20-17)21-8-10-22(11-9-21)16(23)14-5-4-12-24-14/h4-7,12-13H,3,8-11H2,1-2H3,(H,18,19,20). The highest BCUT2D eigenvalue weighted by atomic mass is 16.3. The van der Waals surface area contributed by atoms with Crippen LogP contribution in [0.25, 0.3) is 0 Å². The molecule has 0 radical (unpaired) electrons. The normalized spacial score (nSPS) is 16.1. The van der Waals surface area contributed by atoms with Gasteiger partial charge in [-0.3, -0.25) is 4.79 Å². The molecule has 0 saturated carbocycles. The Labute approximate surface area is 141 Å². The average molecular weight is 329 g/mol. The molecule has 0 aliphatic carbocycles. The van der Waals surface area contributed by atoms with E-state index in [0.717, 1.165) is 25.3 Å². The Morgan fingerprint density at radius 3 is 2.79 bits per heavy atom. The summed E-state index contributed by atoms with van der Waals surface area (Å²) in [7, 11) is 0. The third-order valence-corrected chi connectivity index (χ3v) is 4.25. The van der Waals surface area contributed by atoms with E-state index in [4.69, 9.17) is 4.42 Å². The molecule has 1 N–H and O–H groups in total. The average Bonchev–Trinajstić information content (AvgIpc) is 3.16. The van der Waals surface area contributed by atoms with Crippen LogP contribution in [0.1, 0.15) is 30.8 Å². The molecule has 1 saturated heterocycles. The van der Waals surface area contributed by atoms with Gasteiger partial charge in [0.25, 0.3) is 5.91 Å². The second kappa shape index (κ2) is 7.33. The van der Waals surface area contributed by atoms with Crippen LogP contribution in [0.3, 0.4) is 0 Å². The lowest BCUT2D eigenvalue weighted by Crippen LogP contribution is -2.49. The number of nitrogens with zero attached hydrogens (tertiary/aromatic N) is 4. The first-order valence-electron chi connectivity index (χ1n) is 8.34. The molecule has 0 aromatic carbocycles. The molecule has 0 spiro atoms. The lowest BCUT2D eigenvalue weighted by Gasteiger charge is -2.35. The van der Waals surface area contributed by atoms with E-state index in [0.29, 0.717) is 30.8 Å². The van der Waals surface area contributed by atoms with Crippen molar-refractivity contribution >= 4 is 17.7 Å². The monoisotopic (exact) mass is 329 g/mol. The first-order valence-corrected chi connectivity index (χ1v) is 8.34. The van der Waals surface area contributed by atoms with E-state index in [1.807, 2.05) is 11.0 Å². The highest BCUT2D eigenvalue weighted by molar-refractivity contribution is 5.91. The molecular formula is C17H23N5O2. The first-order chi connectivity index (χ1) is 11.7. The van der Waals surface area contributed by atoms with Gasteiger partial charge >= 0.3 is 0 Å². The van der Waals surface area contributed by atoms with Crippen LogP contribution in [0.15, 0.2) is 35.1 Å². The van der Waals surface area contributed by atoms with Crippen LogP contribution in [0, 0.1) is 0 Å². The van der Waals surface area contributed by atoms with Gasteiger partial charge in [-0.25, -0.2) is 4.98 Å². The van der Waals surface area contributed by atoms with Crippen molar-refractivity contribution in [3.63, 3.8) is 0 Å². The number of anilines is 2. The van der Waals surface area contributed by atoms with Crippen LogP contribution in [0.2, 0.25) is 0 Å². The van der Waals surface area contributed by atoms with Crippen LogP contribution in [-0.2, 0) is 0 Å². The smallest absolute Gasteiger partial charge is 0.289 e. The maximum atomic E-state index is 12.3. The van der Waals surface area contributed by atoms with Gasteiger partial charge in [0.2, 0.25) is 5.95 Å². The predicted molar refractivity (Wildman–Crippen MR) is 92.2 cm³/mol. The van der Waals surface area contributed by atoms with E-state index in [9.17, 15) is 4.79 Å². The molecule has 0 bridgehead atoms. The SMILES string of the molecule is CCC(C)Nc1nccc(N2CCN(C(=O)c3ccco3)CC2)n1. The zero-order valence-corrected chi connectivity index (χ0v) is 14.1. The quantitative estimate of drug-likeness (QED) is 0.907. The summed E-state index contributed by atoms with van der Waals surface area (Å²) in [5.41, 5.74) is 0. The predicted octanol–water partition coefficient (Wildman–Crippen LogP) is 2.24. The van der Waals surface area contributed by atoms with E-state index < -0.39 is 0 Å². The molecule has 128 valence electrons. The lowest BCUT2D eigenvalue weighted by molar-refractivity contribution is 0.0714. The van der Waals surface area contributed by atoms with Crippen molar-refractivity contribution in [2.24, 2.45) is 0 Å². The number of carbonyl (C=O) groups is 1. The fourth-order valence-corrected chi connectivity index (χ4v) is 2.61. The van der Waals surface area contributed by atoms with E-state index >= 15 is 0 Å². The van der Waals surface area contributed by atoms with Crippen molar-refractivity contribution in [3.8, 4) is 0 Å². The zero-order chi connectivity index (χ0) is 16.9. The molecule has 1 aliphatic heterocycles. The van der Waals surface area contributed by atoms with Crippen molar-refractivity contribution < 1.29 is 9.21 Å². The number of rotatable bonds is 5. The summed E-state index contributed by atoms with van der Waals surface area (Å²) in [6.45, 7) is 7.01. The van der Waals surface area contributed by atoms with Gasteiger partial charge in [-0.1, -0.05) is 6.92 Å². The summed E-state index contributed by atoms with van der Waals surface area (Å²) < 4.78 is 5.19. The summed E-state index contributed by atoms with van der Waals surface area (Å²) in [4.78, 5) is 25.1. The first kappa shape index (κ1) is 16.3. The van der Waals surface area contributed by atoms with Gasteiger partial charge in [0, 0.05) is 38.4 Å². The molecule has 3 rings (SSSR count). The molecule has 7 heteroatoms. The highest BCUT2D eigenvalue weighted by Gasteiger charge is 2.24. The molecule has 3 heterocycles. The fourth-order valence-electron chi connectivity index (χ4n) is 2.61. The van der Waals surface area contributed by atoms with Crippen molar-refractivity contribution in [3.05, 3.63) is 36.4 Å². The van der Waals surface area contributed by atoms with E-state index in [1.165, 1.54) is 6.26 Å². The molecule has 1 fully saturated rings. The Bertz CT molecular complexity index is 665. The largest absolute Gasteiger partial charge is 0.459 e. The second-order valence-electron chi connectivity index (χ2n) is 5.95. The van der Waals surface area contributed by atoms with Crippen molar-refractivity contribution in [1.29, 1.82) is 0 Å². The summed E-state index contributed by atoms with van der Waals surface area (Å²) in [5, 5.41) is 3.29. The van der Waals surface area contributed by atoms with Crippen LogP contribution >= 0.6 is 0 Å². The number of hydrogen-bond donors (Lipinski definition) is 1. The van der Waals surface area contributed by atoms with Crippen molar-refractivity contribution in [2.75, 3.05) is 36.4 Å². The summed E-state index contributed by atoms with van der Waals surface area (Å²) >= 11 is 0. The van der Waals surface area contributed by atoms with E-state index in [1.54, 1.807) is 18.3 Å². The van der Waals surface area contributed by atoms with Gasteiger partial charge in [0.05, 0.1) is 6.26 Å². The summed E-state index contributed by atoms with van der Waals surface area (Å²) in [5.74, 6) is 1.88. The third-order valence-electron chi connectivity index (χ3n) is 4.25. The Hall–Kier alpha value is -2.57. The number of carbonyl (C=O) groups excluding carboxylic acids is 1. The molecule has 2 aromatic rings. The van der Waals surface area contributed by atoms with Crippen molar-refractivity contribution in [1.82, 2.24) is 14.9 Å². The number of amides is 1. The number of hydrogen-bond acceptors (Lipinski definition) is 6. The Morgan fingerprint density at radius 1 is 1.33 bits per heavy atom. The minimum Gasteiger partial charge on any atom is -0.459 e. The minimum absolute atomic E-state index is 0.0542. The Kier molecular flexibility index (Phi) is 4.98. The maximum absolute atomic E-state index is 12.3. The Morgan fingerprint density at radius 2 is 2.12 bits per heavy atom. The number of piperazine rings is 1. The summed E-state index contributed by atoms with van der Waals surface area (Å²) in [6.07, 6.45) is 4.31. The van der Waals surface area contributed by atoms with Gasteiger partial charge < -0.3 is 19.5 Å². The van der Waals surface area contributed by atoms with Crippen LogP contribution in [-0.4, -0.2) is 53.0 Å². The second-order valence-corrected chi connectivity index (χ2v) is 5.95. The highest BCUT2D eigenvalue weighted by Crippen LogP contribution is 2.16. The van der Waals surface area contributed by atoms with Gasteiger partial charge in [-0.05, 0) is 31.5 Å². The molecule has 1 aliphatic rings. The Balaban J connectivity index is 1.60. The van der Waals surface area contributed by atoms with Gasteiger partial charge in [-0.15, -0.1) is 0 Å². The molecule has 24 heavy (non-hydrogen) atoms. The number of furan rings is 1. The third kappa shape index (κ3) is 3.67. The van der Waals surface area contributed by atoms with E-state index in [2.05, 4.69) is 34.0 Å². The maximum Gasteiger partial charge on any atom is 0.289 e. The van der Waals surface area contributed by atoms with Crippen LogP contribution in [0.4, 0.5) is 11.8 Å². The number of aromatic nitrogens is 2. The van der Waals surface area contributed by atoms with Gasteiger partial charge in [0.1, 0.15) is 5.82 Å². The minimum atomic E-state index is -0.0542. The van der Waals surface area contributed by atoms with Crippen molar-refractivity contribution in [2.45, 2.75) is 26.3 Å². The van der Waals surface area contributed by atoms with Gasteiger partial charge in [-0.2, -0.15) is 4.98 Å². The molecule has 1 amide bonds. The summed E-state index contributed by atoms with van der Waals surface area (Å²) in [6, 6.07) is 5.68. The molecule has 2 aromatic heterocycles. The van der Waals surface area contributed by atoms with Crippen LogP contribution in [0.5, 0.6) is 0 Å². The topological polar surface area (TPSA) is 74.5 Å². The molecule has 1 atom stereocenters.